The van der Waals surface area contributed by atoms with Crippen LogP contribution in [0.15, 0.2) is 71.0 Å². The van der Waals surface area contributed by atoms with Crippen molar-refractivity contribution in [2.75, 3.05) is 30.8 Å². The van der Waals surface area contributed by atoms with Gasteiger partial charge in [0.15, 0.2) is 5.13 Å². The predicted molar refractivity (Wildman–Crippen MR) is 231 cm³/mol. The number of fused-ring (bicyclic) bond motifs is 3. The number of carbonyl (C=O) groups is 3. The molecule has 4 aromatic rings. The molecule has 3 amide bonds. The lowest BCUT2D eigenvalue weighted by molar-refractivity contribution is -0.131. The summed E-state index contributed by atoms with van der Waals surface area (Å²) in [5.41, 5.74) is -0.270. The molecule has 15 nitrogen and oxygen atoms in total. The number of methoxy groups -OCH3 is 1. The maximum atomic E-state index is 14.5. The summed E-state index contributed by atoms with van der Waals surface area (Å²) >= 11 is 1.46. The second kappa shape index (κ2) is 17.3. The minimum Gasteiger partial charge on any atom is -0.497 e. The van der Waals surface area contributed by atoms with Crippen molar-refractivity contribution in [1.29, 1.82) is 0 Å². The number of amides is 3. The van der Waals surface area contributed by atoms with E-state index < -0.39 is 57.1 Å². The van der Waals surface area contributed by atoms with Gasteiger partial charge in [0.25, 0.3) is 15.9 Å². The van der Waals surface area contributed by atoms with E-state index in [1.54, 1.807) is 64.3 Å². The summed E-state index contributed by atoms with van der Waals surface area (Å²) in [4.78, 5) is 53.4. The zero-order valence-electron chi connectivity index (χ0n) is 34.7. The molecule has 320 valence electrons. The van der Waals surface area contributed by atoms with Gasteiger partial charge in [0, 0.05) is 47.8 Å². The van der Waals surface area contributed by atoms with E-state index in [9.17, 15) is 22.8 Å². The smallest absolute Gasteiger partial charge is 0.411 e. The van der Waals surface area contributed by atoms with Crippen LogP contribution in [0.4, 0.5) is 15.6 Å². The quantitative estimate of drug-likeness (QED) is 0.135. The Balaban J connectivity index is 1.19. The van der Waals surface area contributed by atoms with Crippen molar-refractivity contribution < 1.29 is 37.0 Å². The molecule has 2 aromatic carbocycles. The van der Waals surface area contributed by atoms with Crippen molar-refractivity contribution in [3.63, 3.8) is 0 Å². The number of hydrogen-bond donors (Lipinski definition) is 4. The molecule has 1 aliphatic carbocycles. The van der Waals surface area contributed by atoms with Gasteiger partial charge in [-0.1, -0.05) is 30.7 Å². The van der Waals surface area contributed by atoms with Gasteiger partial charge in [-0.2, -0.15) is 0 Å². The Labute approximate surface area is 354 Å². The van der Waals surface area contributed by atoms with Crippen molar-refractivity contribution in [1.82, 2.24) is 24.9 Å². The number of nitrogens with zero attached hydrogens (tertiary/aromatic N) is 3. The Bertz CT molecular complexity index is 2400. The number of ether oxygens (including phenoxy) is 3. The number of anilines is 2. The molecule has 7 rings (SSSR count). The SMILES string of the molecule is COc1ccc2c(O[C@@H]3C[C@@H](C(=O)N[C@]45CC4/C=C\CCCCCNc4ccccc4S(=O)(=O)NC5=O)N(C(=O)OC(C)(C)C)C3)cc(-c3csc(NC(C)C)n3)nc2c1. The summed E-state index contributed by atoms with van der Waals surface area (Å²) in [7, 11) is -2.77. The van der Waals surface area contributed by atoms with Crippen LogP contribution in [0.2, 0.25) is 0 Å². The van der Waals surface area contributed by atoms with E-state index in [0.29, 0.717) is 46.0 Å². The van der Waals surface area contributed by atoms with Crippen LogP contribution in [-0.4, -0.2) is 90.7 Å². The van der Waals surface area contributed by atoms with Gasteiger partial charge in [0.2, 0.25) is 5.91 Å². The number of aromatic nitrogens is 2. The fourth-order valence-corrected chi connectivity index (χ4v) is 9.59. The zero-order chi connectivity index (χ0) is 42.8. The molecule has 17 heteroatoms. The number of likely N-dealkylation sites (tertiary alicyclic amines) is 1. The van der Waals surface area contributed by atoms with E-state index in [-0.39, 0.29) is 30.3 Å². The zero-order valence-corrected chi connectivity index (χ0v) is 36.4. The van der Waals surface area contributed by atoms with E-state index in [2.05, 4.69) is 20.7 Å². The van der Waals surface area contributed by atoms with E-state index in [4.69, 9.17) is 24.2 Å². The molecule has 60 heavy (non-hydrogen) atoms. The lowest BCUT2D eigenvalue weighted by Crippen LogP contribution is -2.56. The average Bonchev–Trinajstić information content (AvgIpc) is 3.45. The number of benzene rings is 2. The molecule has 1 unspecified atom stereocenters. The van der Waals surface area contributed by atoms with Gasteiger partial charge in [-0.25, -0.2) is 27.9 Å². The second-order valence-electron chi connectivity index (χ2n) is 16.8. The number of hydrogen-bond acceptors (Lipinski definition) is 13. The van der Waals surface area contributed by atoms with Crippen LogP contribution in [-0.2, 0) is 24.3 Å². The molecule has 0 bridgehead atoms. The van der Waals surface area contributed by atoms with Crippen LogP contribution >= 0.6 is 11.3 Å². The third-order valence-electron chi connectivity index (χ3n) is 10.5. The topological polar surface area (TPSA) is 190 Å². The van der Waals surface area contributed by atoms with Gasteiger partial charge in [0.05, 0.1) is 30.6 Å². The highest BCUT2D eigenvalue weighted by atomic mass is 32.2. The number of sulfonamides is 1. The fraction of sp³-hybridized carbons (Fsp3) is 0.465. The van der Waals surface area contributed by atoms with Gasteiger partial charge in [-0.15, -0.1) is 11.3 Å². The molecular weight excluding hydrogens is 807 g/mol. The molecule has 0 radical (unpaired) electrons. The summed E-state index contributed by atoms with van der Waals surface area (Å²) in [6.07, 6.45) is 6.09. The molecule has 4 N–H and O–H groups in total. The summed E-state index contributed by atoms with van der Waals surface area (Å²) < 4.78 is 47.7. The van der Waals surface area contributed by atoms with Gasteiger partial charge in [-0.05, 0) is 84.6 Å². The van der Waals surface area contributed by atoms with Crippen molar-refractivity contribution in [2.24, 2.45) is 5.92 Å². The van der Waals surface area contributed by atoms with E-state index in [1.807, 2.05) is 37.4 Å². The molecule has 1 saturated heterocycles. The lowest BCUT2D eigenvalue weighted by Gasteiger charge is -2.29. The number of carbonyl (C=O) groups excluding carboxylic acids is 3. The summed E-state index contributed by atoms with van der Waals surface area (Å²) in [5.74, 6) is -0.894. The first-order chi connectivity index (χ1) is 28.5. The van der Waals surface area contributed by atoms with Crippen molar-refractivity contribution in [3.05, 3.63) is 66.1 Å². The fourth-order valence-electron chi connectivity index (χ4n) is 7.52. The molecule has 1 saturated carbocycles. The van der Waals surface area contributed by atoms with E-state index >= 15 is 0 Å². The van der Waals surface area contributed by atoms with Crippen molar-refractivity contribution in [3.8, 4) is 22.9 Å². The Morgan fingerprint density at radius 1 is 1.05 bits per heavy atom. The van der Waals surface area contributed by atoms with E-state index in [0.717, 1.165) is 30.8 Å². The van der Waals surface area contributed by atoms with Gasteiger partial charge < -0.3 is 30.2 Å². The lowest BCUT2D eigenvalue weighted by atomic mass is 10.1. The third kappa shape index (κ3) is 9.62. The highest BCUT2D eigenvalue weighted by Gasteiger charge is 2.61. The van der Waals surface area contributed by atoms with Crippen LogP contribution in [0.1, 0.15) is 73.1 Å². The number of nitrogens with one attached hydrogen (secondary N) is 4. The molecular formula is C43H53N7O8S2. The summed E-state index contributed by atoms with van der Waals surface area (Å²) in [6.45, 7) is 9.83. The predicted octanol–water partition coefficient (Wildman–Crippen LogP) is 6.87. The first-order valence-electron chi connectivity index (χ1n) is 20.3. The van der Waals surface area contributed by atoms with E-state index in [1.165, 1.54) is 22.3 Å². The molecule has 4 atom stereocenters. The van der Waals surface area contributed by atoms with Crippen molar-refractivity contribution in [2.45, 2.75) is 107 Å². The van der Waals surface area contributed by atoms with Crippen LogP contribution in [0.3, 0.4) is 0 Å². The van der Waals surface area contributed by atoms with Gasteiger partial charge in [0.1, 0.15) is 45.4 Å². The first kappa shape index (κ1) is 42.7. The maximum absolute atomic E-state index is 14.5. The van der Waals surface area contributed by atoms with Crippen LogP contribution in [0.25, 0.3) is 22.3 Å². The van der Waals surface area contributed by atoms with Crippen LogP contribution < -0.4 is 30.1 Å². The molecule has 2 aromatic heterocycles. The average molecular weight is 860 g/mol. The number of thiazole rings is 1. The molecule has 3 aliphatic rings. The summed E-state index contributed by atoms with van der Waals surface area (Å²) in [6, 6.07) is 12.7. The molecule has 2 fully saturated rings. The molecule has 0 spiro atoms. The Kier molecular flexibility index (Phi) is 12.3. The van der Waals surface area contributed by atoms with Crippen LogP contribution in [0, 0.1) is 5.92 Å². The van der Waals surface area contributed by atoms with Crippen molar-refractivity contribution >= 4 is 61.0 Å². The molecule has 2 aliphatic heterocycles. The number of allylic oxidation sites excluding steroid dienone is 1. The maximum Gasteiger partial charge on any atom is 0.411 e. The number of pyridine rings is 1. The molecule has 4 heterocycles. The number of rotatable bonds is 8. The first-order valence-corrected chi connectivity index (χ1v) is 22.7. The van der Waals surface area contributed by atoms with Crippen LogP contribution in [0.5, 0.6) is 11.5 Å². The highest BCUT2D eigenvalue weighted by molar-refractivity contribution is 7.90. The Hall–Kier alpha value is -5.42. The Morgan fingerprint density at radius 2 is 1.85 bits per heavy atom. The second-order valence-corrected chi connectivity index (χ2v) is 19.3. The largest absolute Gasteiger partial charge is 0.497 e. The monoisotopic (exact) mass is 859 g/mol. The normalized spacial score (nSPS) is 23.5. The van der Waals surface area contributed by atoms with Gasteiger partial charge in [-0.3, -0.25) is 14.5 Å². The number of para-hydroxylation sites is 1. The minimum absolute atomic E-state index is 0.0118. The Morgan fingerprint density at radius 3 is 2.62 bits per heavy atom. The standard InChI is InChI=1S/C43H53N7O8S2/c1-26(2)45-40-47-34(25-59-40)33-22-36(30-18-17-28(56-6)20-32(30)46-33)57-29-21-35(50(24-29)41(53)58-42(3,4)5)38(51)48-43-23-27(43)14-10-8-7-9-13-19-44-31-15-11-12-16-37(31)60(54,55)49-39(43)52/h10-12,14-18,20,22,25-27,29,35,44H,7-9,13,19,21,23-24H2,1-6H3,(H,45,47)(H,48,51)(H,49,52)/b14-10-/t27?,29-,35+,43-/m1/s1. The third-order valence-corrected chi connectivity index (χ3v) is 12.7. The highest BCUT2D eigenvalue weighted by Crippen LogP contribution is 2.46. The minimum atomic E-state index is -4.35. The summed E-state index contributed by atoms with van der Waals surface area (Å²) in [5, 5.41) is 12.8. The van der Waals surface area contributed by atoms with Gasteiger partial charge >= 0.3 is 6.09 Å².